The standard InChI is InChI=1S/C14H20N2O2/c1-14(15)4-6-16(7-5-14)9-11-2-3-12-13(8-11)18-10-17-12/h2-3,8H,4-7,9-10,15H2,1H3. The maximum atomic E-state index is 6.14. The van der Waals surface area contributed by atoms with E-state index < -0.39 is 0 Å². The molecular weight excluding hydrogens is 228 g/mol. The van der Waals surface area contributed by atoms with Gasteiger partial charge in [0.25, 0.3) is 0 Å². The molecule has 18 heavy (non-hydrogen) atoms. The number of ether oxygens (including phenoxy) is 2. The summed E-state index contributed by atoms with van der Waals surface area (Å²) in [5.41, 5.74) is 7.44. The molecule has 0 spiro atoms. The number of nitrogens with zero attached hydrogens (tertiary/aromatic N) is 1. The molecule has 1 fully saturated rings. The Morgan fingerprint density at radius 2 is 1.94 bits per heavy atom. The summed E-state index contributed by atoms with van der Waals surface area (Å²) in [7, 11) is 0. The highest BCUT2D eigenvalue weighted by Crippen LogP contribution is 2.33. The number of likely N-dealkylation sites (tertiary alicyclic amines) is 1. The number of hydrogen-bond acceptors (Lipinski definition) is 4. The molecule has 0 saturated carbocycles. The first-order valence-corrected chi connectivity index (χ1v) is 6.52. The number of benzene rings is 1. The molecule has 98 valence electrons. The largest absolute Gasteiger partial charge is 0.454 e. The van der Waals surface area contributed by atoms with Crippen molar-refractivity contribution in [2.24, 2.45) is 5.73 Å². The van der Waals surface area contributed by atoms with Gasteiger partial charge in [-0.25, -0.2) is 0 Å². The average Bonchev–Trinajstić information content (AvgIpc) is 2.79. The van der Waals surface area contributed by atoms with Crippen molar-refractivity contribution in [3.8, 4) is 11.5 Å². The fraction of sp³-hybridized carbons (Fsp3) is 0.571. The van der Waals surface area contributed by atoms with E-state index in [1.807, 2.05) is 6.07 Å². The molecule has 3 rings (SSSR count). The van der Waals surface area contributed by atoms with Gasteiger partial charge < -0.3 is 15.2 Å². The zero-order valence-electron chi connectivity index (χ0n) is 10.8. The first-order chi connectivity index (χ1) is 8.62. The van der Waals surface area contributed by atoms with E-state index >= 15 is 0 Å². The monoisotopic (exact) mass is 248 g/mol. The number of rotatable bonds is 2. The van der Waals surface area contributed by atoms with Gasteiger partial charge in [-0.2, -0.15) is 0 Å². The molecule has 2 heterocycles. The zero-order valence-corrected chi connectivity index (χ0v) is 10.8. The van der Waals surface area contributed by atoms with Crippen LogP contribution in [0.3, 0.4) is 0 Å². The van der Waals surface area contributed by atoms with Gasteiger partial charge in [-0.1, -0.05) is 6.07 Å². The highest BCUT2D eigenvalue weighted by atomic mass is 16.7. The Balaban J connectivity index is 1.63. The lowest BCUT2D eigenvalue weighted by atomic mass is 9.91. The lowest BCUT2D eigenvalue weighted by molar-refractivity contribution is 0.164. The first-order valence-electron chi connectivity index (χ1n) is 6.52. The third-order valence-corrected chi connectivity index (χ3v) is 3.84. The molecule has 0 aromatic heterocycles. The predicted octanol–water partition coefficient (Wildman–Crippen LogP) is 1.73. The summed E-state index contributed by atoms with van der Waals surface area (Å²) in [4.78, 5) is 2.45. The van der Waals surface area contributed by atoms with Crippen LogP contribution in [0.15, 0.2) is 18.2 Å². The molecule has 0 bridgehead atoms. The Hall–Kier alpha value is -1.26. The maximum absolute atomic E-state index is 6.14. The van der Waals surface area contributed by atoms with Gasteiger partial charge in [0.15, 0.2) is 11.5 Å². The van der Waals surface area contributed by atoms with Gasteiger partial charge in [0, 0.05) is 25.2 Å². The van der Waals surface area contributed by atoms with Crippen LogP contribution >= 0.6 is 0 Å². The Labute approximate surface area is 108 Å². The van der Waals surface area contributed by atoms with E-state index in [1.54, 1.807) is 0 Å². The SMILES string of the molecule is CC1(N)CCN(Cc2ccc3c(c2)OCO3)CC1. The summed E-state index contributed by atoms with van der Waals surface area (Å²) >= 11 is 0. The van der Waals surface area contributed by atoms with Crippen molar-refractivity contribution in [2.75, 3.05) is 19.9 Å². The van der Waals surface area contributed by atoms with E-state index in [0.717, 1.165) is 44.0 Å². The lowest BCUT2D eigenvalue weighted by Gasteiger charge is -2.36. The van der Waals surface area contributed by atoms with E-state index in [1.165, 1.54) is 5.56 Å². The molecule has 2 aliphatic heterocycles. The van der Waals surface area contributed by atoms with Crippen LogP contribution < -0.4 is 15.2 Å². The van der Waals surface area contributed by atoms with E-state index in [-0.39, 0.29) is 5.54 Å². The molecular formula is C14H20N2O2. The molecule has 0 atom stereocenters. The van der Waals surface area contributed by atoms with Gasteiger partial charge in [-0.05, 0) is 37.5 Å². The van der Waals surface area contributed by atoms with Crippen LogP contribution in [0.25, 0.3) is 0 Å². The van der Waals surface area contributed by atoms with Crippen molar-refractivity contribution in [1.82, 2.24) is 4.90 Å². The minimum Gasteiger partial charge on any atom is -0.454 e. The number of fused-ring (bicyclic) bond motifs is 1. The molecule has 0 unspecified atom stereocenters. The molecule has 2 N–H and O–H groups in total. The Morgan fingerprint density at radius 1 is 1.22 bits per heavy atom. The fourth-order valence-corrected chi connectivity index (χ4v) is 2.52. The number of hydrogen-bond donors (Lipinski definition) is 1. The van der Waals surface area contributed by atoms with Crippen LogP contribution in [0.4, 0.5) is 0 Å². The van der Waals surface area contributed by atoms with Crippen LogP contribution in [0.5, 0.6) is 11.5 Å². The first kappa shape index (κ1) is 11.8. The van der Waals surface area contributed by atoms with Gasteiger partial charge >= 0.3 is 0 Å². The van der Waals surface area contributed by atoms with E-state index in [9.17, 15) is 0 Å². The molecule has 0 aliphatic carbocycles. The second-order valence-corrected chi connectivity index (χ2v) is 5.62. The van der Waals surface area contributed by atoms with Crippen LogP contribution in [-0.4, -0.2) is 30.3 Å². The molecule has 1 saturated heterocycles. The van der Waals surface area contributed by atoms with Crippen molar-refractivity contribution in [1.29, 1.82) is 0 Å². The summed E-state index contributed by atoms with van der Waals surface area (Å²) < 4.78 is 10.7. The number of nitrogens with two attached hydrogens (primary N) is 1. The van der Waals surface area contributed by atoms with E-state index in [2.05, 4.69) is 24.0 Å². The van der Waals surface area contributed by atoms with Gasteiger partial charge in [-0.3, -0.25) is 4.90 Å². The smallest absolute Gasteiger partial charge is 0.231 e. The molecule has 1 aromatic carbocycles. The molecule has 1 aromatic rings. The predicted molar refractivity (Wildman–Crippen MR) is 69.7 cm³/mol. The third-order valence-electron chi connectivity index (χ3n) is 3.84. The summed E-state index contributed by atoms with van der Waals surface area (Å²) in [6, 6.07) is 6.19. The zero-order chi connectivity index (χ0) is 12.6. The van der Waals surface area contributed by atoms with Crippen molar-refractivity contribution in [2.45, 2.75) is 31.8 Å². The van der Waals surface area contributed by atoms with Gasteiger partial charge in [0.05, 0.1) is 0 Å². The van der Waals surface area contributed by atoms with Gasteiger partial charge in [0.2, 0.25) is 6.79 Å². The minimum atomic E-state index is 0.0192. The quantitative estimate of drug-likeness (QED) is 0.866. The summed E-state index contributed by atoms with van der Waals surface area (Å²) in [5, 5.41) is 0. The molecule has 2 aliphatic rings. The maximum Gasteiger partial charge on any atom is 0.231 e. The van der Waals surface area contributed by atoms with E-state index in [0.29, 0.717) is 6.79 Å². The molecule has 4 nitrogen and oxygen atoms in total. The fourth-order valence-electron chi connectivity index (χ4n) is 2.52. The normalized spacial score (nSPS) is 22.1. The summed E-state index contributed by atoms with van der Waals surface area (Å²) in [6.07, 6.45) is 2.13. The molecule has 4 heteroatoms. The van der Waals surface area contributed by atoms with Crippen molar-refractivity contribution < 1.29 is 9.47 Å². The Kier molecular flexibility index (Phi) is 2.92. The van der Waals surface area contributed by atoms with Crippen molar-refractivity contribution >= 4 is 0 Å². The summed E-state index contributed by atoms with van der Waals surface area (Å²) in [5.74, 6) is 1.72. The van der Waals surface area contributed by atoms with Crippen molar-refractivity contribution in [3.05, 3.63) is 23.8 Å². The topological polar surface area (TPSA) is 47.7 Å². The van der Waals surface area contributed by atoms with E-state index in [4.69, 9.17) is 15.2 Å². The van der Waals surface area contributed by atoms with Gasteiger partial charge in [0.1, 0.15) is 0 Å². The Bertz CT molecular complexity index is 435. The van der Waals surface area contributed by atoms with Crippen LogP contribution in [0.1, 0.15) is 25.3 Å². The number of piperidine rings is 1. The second kappa shape index (κ2) is 4.44. The van der Waals surface area contributed by atoms with Crippen molar-refractivity contribution in [3.63, 3.8) is 0 Å². The highest BCUT2D eigenvalue weighted by Gasteiger charge is 2.25. The summed E-state index contributed by atoms with van der Waals surface area (Å²) in [6.45, 7) is 5.59. The lowest BCUT2D eigenvalue weighted by Crippen LogP contribution is -2.47. The van der Waals surface area contributed by atoms with Gasteiger partial charge in [-0.15, -0.1) is 0 Å². The minimum absolute atomic E-state index is 0.0192. The Morgan fingerprint density at radius 3 is 2.72 bits per heavy atom. The molecule has 0 radical (unpaired) electrons. The average molecular weight is 248 g/mol. The third kappa shape index (κ3) is 2.44. The molecule has 0 amide bonds. The second-order valence-electron chi connectivity index (χ2n) is 5.62. The highest BCUT2D eigenvalue weighted by molar-refractivity contribution is 5.44. The van der Waals surface area contributed by atoms with Crippen LogP contribution in [-0.2, 0) is 6.54 Å². The van der Waals surface area contributed by atoms with Crippen LogP contribution in [0, 0.1) is 0 Å². The van der Waals surface area contributed by atoms with Crippen LogP contribution in [0.2, 0.25) is 0 Å².